The van der Waals surface area contributed by atoms with Crippen LogP contribution in [0.5, 0.6) is 0 Å². The van der Waals surface area contributed by atoms with E-state index in [1.54, 1.807) is 0 Å². The lowest BCUT2D eigenvalue weighted by Gasteiger charge is -2.35. The normalized spacial score (nSPS) is 24.4. The van der Waals surface area contributed by atoms with Crippen LogP contribution in [0.3, 0.4) is 0 Å². The maximum absolute atomic E-state index is 6.19. The molecule has 2 nitrogen and oxygen atoms in total. The van der Waals surface area contributed by atoms with E-state index in [1.165, 1.54) is 42.1 Å². The first kappa shape index (κ1) is 14.9. The van der Waals surface area contributed by atoms with E-state index in [2.05, 4.69) is 36.9 Å². The predicted molar refractivity (Wildman–Crippen MR) is 90.8 cm³/mol. The lowest BCUT2D eigenvalue weighted by atomic mass is 9.71. The average molecular weight is 305 g/mol. The Kier molecular flexibility index (Phi) is 4.28. The Bertz CT molecular complexity index is 631. The van der Waals surface area contributed by atoms with Crippen LogP contribution in [0, 0.1) is 11.8 Å². The van der Waals surface area contributed by atoms with Crippen LogP contribution in [-0.2, 0) is 7.05 Å². The van der Waals surface area contributed by atoms with Crippen LogP contribution in [0.15, 0.2) is 24.4 Å². The number of fused-ring (bicyclic) bond motifs is 1. The Morgan fingerprint density at radius 3 is 2.81 bits per heavy atom. The Labute approximate surface area is 132 Å². The number of aromatic nitrogens is 1. The molecule has 3 atom stereocenters. The summed E-state index contributed by atoms with van der Waals surface area (Å²) in [5.74, 6) is 1.95. The molecule has 3 heteroatoms. The number of aryl methyl sites for hydroxylation is 1. The fourth-order valence-corrected chi connectivity index (χ4v) is 4.33. The van der Waals surface area contributed by atoms with E-state index in [0.29, 0.717) is 11.8 Å². The third-order valence-corrected chi connectivity index (χ3v) is 5.57. The Hall–Kier alpha value is -0.990. The van der Waals surface area contributed by atoms with Gasteiger partial charge in [-0.05, 0) is 42.5 Å². The van der Waals surface area contributed by atoms with E-state index in [-0.39, 0.29) is 0 Å². The minimum absolute atomic E-state index is 0.463. The van der Waals surface area contributed by atoms with Gasteiger partial charge in [0.25, 0.3) is 0 Å². The van der Waals surface area contributed by atoms with E-state index >= 15 is 0 Å². The number of hydrogen-bond donors (Lipinski definition) is 1. The van der Waals surface area contributed by atoms with Crippen molar-refractivity contribution in [3.8, 4) is 0 Å². The van der Waals surface area contributed by atoms with Crippen molar-refractivity contribution in [2.24, 2.45) is 24.6 Å². The van der Waals surface area contributed by atoms with Crippen molar-refractivity contribution in [3.05, 3.63) is 35.0 Å². The fourth-order valence-electron chi connectivity index (χ4n) is 4.16. The van der Waals surface area contributed by atoms with Crippen molar-refractivity contribution >= 4 is 22.5 Å². The second kappa shape index (κ2) is 6.02. The van der Waals surface area contributed by atoms with E-state index in [4.69, 9.17) is 17.3 Å². The van der Waals surface area contributed by atoms with Gasteiger partial charge in [0.05, 0.1) is 0 Å². The highest BCUT2D eigenvalue weighted by Gasteiger charge is 2.31. The molecule has 0 saturated heterocycles. The molecule has 3 unspecified atom stereocenters. The van der Waals surface area contributed by atoms with Gasteiger partial charge in [0, 0.05) is 35.1 Å². The molecule has 0 amide bonds. The summed E-state index contributed by atoms with van der Waals surface area (Å²) in [6.07, 6.45) is 7.65. The van der Waals surface area contributed by atoms with Crippen molar-refractivity contribution in [1.82, 2.24) is 4.57 Å². The molecule has 114 valence electrons. The first-order valence-electron chi connectivity index (χ1n) is 8.06. The smallest absolute Gasteiger partial charge is 0.0495 e. The summed E-state index contributed by atoms with van der Waals surface area (Å²) >= 11 is 6.15. The molecule has 2 N–H and O–H groups in total. The molecule has 0 aliphatic heterocycles. The second-order valence-electron chi connectivity index (χ2n) is 6.62. The quantitative estimate of drug-likeness (QED) is 0.875. The van der Waals surface area contributed by atoms with Crippen molar-refractivity contribution in [2.75, 3.05) is 6.54 Å². The largest absolute Gasteiger partial charge is 0.350 e. The van der Waals surface area contributed by atoms with E-state index in [9.17, 15) is 0 Å². The number of hydrogen-bond acceptors (Lipinski definition) is 1. The van der Waals surface area contributed by atoms with Crippen LogP contribution in [0.2, 0.25) is 5.02 Å². The summed E-state index contributed by atoms with van der Waals surface area (Å²) < 4.78 is 2.19. The van der Waals surface area contributed by atoms with Crippen molar-refractivity contribution < 1.29 is 0 Å². The topological polar surface area (TPSA) is 30.9 Å². The second-order valence-corrected chi connectivity index (χ2v) is 7.06. The van der Waals surface area contributed by atoms with Crippen molar-refractivity contribution in [2.45, 2.75) is 38.5 Å². The molecular weight excluding hydrogens is 280 g/mol. The molecule has 0 radical (unpaired) electrons. The third kappa shape index (κ3) is 2.72. The molecule has 1 heterocycles. The van der Waals surface area contributed by atoms with Crippen molar-refractivity contribution in [3.63, 3.8) is 0 Å². The molecule has 1 aliphatic carbocycles. The molecule has 3 rings (SSSR count). The van der Waals surface area contributed by atoms with Gasteiger partial charge in [-0.15, -0.1) is 0 Å². The van der Waals surface area contributed by atoms with Gasteiger partial charge in [-0.25, -0.2) is 0 Å². The first-order valence-corrected chi connectivity index (χ1v) is 8.44. The zero-order valence-electron chi connectivity index (χ0n) is 13.0. The lowest BCUT2D eigenvalue weighted by molar-refractivity contribution is 0.219. The summed E-state index contributed by atoms with van der Waals surface area (Å²) in [5, 5.41) is 2.11. The minimum Gasteiger partial charge on any atom is -0.350 e. The van der Waals surface area contributed by atoms with Gasteiger partial charge in [0.15, 0.2) is 0 Å². The van der Waals surface area contributed by atoms with Crippen LogP contribution in [0.4, 0.5) is 0 Å². The van der Waals surface area contributed by atoms with Gasteiger partial charge in [0.2, 0.25) is 0 Å². The monoisotopic (exact) mass is 304 g/mol. The van der Waals surface area contributed by atoms with Gasteiger partial charge in [-0.1, -0.05) is 43.9 Å². The minimum atomic E-state index is 0.463. The predicted octanol–water partition coefficient (Wildman–Crippen LogP) is 4.70. The van der Waals surface area contributed by atoms with Crippen LogP contribution in [-0.4, -0.2) is 11.1 Å². The number of rotatable bonds is 3. The molecule has 1 aromatic heterocycles. The zero-order chi connectivity index (χ0) is 15.0. The molecule has 1 saturated carbocycles. The van der Waals surface area contributed by atoms with Crippen LogP contribution >= 0.6 is 11.6 Å². The van der Waals surface area contributed by atoms with Gasteiger partial charge in [-0.3, -0.25) is 0 Å². The number of halogens is 1. The Morgan fingerprint density at radius 2 is 2.10 bits per heavy atom. The maximum atomic E-state index is 6.19. The SMILES string of the molecule is CC1CCCCC1C(CN)c1cn(C)c2cc(Cl)ccc12. The van der Waals surface area contributed by atoms with Crippen LogP contribution < -0.4 is 5.73 Å². The highest BCUT2D eigenvalue weighted by atomic mass is 35.5. The molecule has 21 heavy (non-hydrogen) atoms. The van der Waals surface area contributed by atoms with E-state index < -0.39 is 0 Å². The third-order valence-electron chi connectivity index (χ3n) is 5.33. The molecule has 0 spiro atoms. The Morgan fingerprint density at radius 1 is 1.33 bits per heavy atom. The maximum Gasteiger partial charge on any atom is 0.0495 e. The highest BCUT2D eigenvalue weighted by molar-refractivity contribution is 6.31. The summed E-state index contributed by atoms with van der Waals surface area (Å²) in [6, 6.07) is 6.20. The summed E-state index contributed by atoms with van der Waals surface area (Å²) in [5.41, 5.74) is 8.81. The van der Waals surface area contributed by atoms with E-state index in [0.717, 1.165) is 17.5 Å². The average Bonchev–Trinajstić information content (AvgIpc) is 2.79. The molecule has 1 aliphatic rings. The molecular formula is C18H25ClN2. The molecule has 1 aromatic carbocycles. The van der Waals surface area contributed by atoms with Gasteiger partial charge >= 0.3 is 0 Å². The molecule has 2 aromatic rings. The summed E-state index contributed by atoms with van der Waals surface area (Å²) in [4.78, 5) is 0. The highest BCUT2D eigenvalue weighted by Crippen LogP contribution is 2.42. The molecule has 1 fully saturated rings. The lowest BCUT2D eigenvalue weighted by Crippen LogP contribution is -2.28. The Balaban J connectivity index is 2.04. The summed E-state index contributed by atoms with van der Waals surface area (Å²) in [6.45, 7) is 3.13. The first-order chi connectivity index (χ1) is 10.1. The number of benzene rings is 1. The van der Waals surface area contributed by atoms with Crippen LogP contribution in [0.25, 0.3) is 10.9 Å². The number of nitrogens with two attached hydrogens (primary N) is 1. The molecule has 0 bridgehead atoms. The fraction of sp³-hybridized carbons (Fsp3) is 0.556. The van der Waals surface area contributed by atoms with Gasteiger partial charge in [0.1, 0.15) is 0 Å². The number of nitrogens with zero attached hydrogens (tertiary/aromatic N) is 1. The van der Waals surface area contributed by atoms with E-state index in [1.807, 2.05) is 6.07 Å². The van der Waals surface area contributed by atoms with Crippen LogP contribution in [0.1, 0.15) is 44.1 Å². The summed E-state index contributed by atoms with van der Waals surface area (Å²) in [7, 11) is 2.10. The zero-order valence-corrected chi connectivity index (χ0v) is 13.7. The van der Waals surface area contributed by atoms with Crippen molar-refractivity contribution in [1.29, 1.82) is 0 Å². The standard InChI is InChI=1S/C18H25ClN2/c1-12-5-3-4-6-14(12)16(10-20)17-11-21(2)18-9-13(19)7-8-15(17)18/h7-9,11-12,14,16H,3-6,10,20H2,1-2H3. The van der Waals surface area contributed by atoms with Gasteiger partial charge in [-0.2, -0.15) is 0 Å². The van der Waals surface area contributed by atoms with Gasteiger partial charge < -0.3 is 10.3 Å².